The lowest BCUT2D eigenvalue weighted by molar-refractivity contribution is -0.124. The number of para-hydroxylation sites is 2. The van der Waals surface area contributed by atoms with E-state index in [4.69, 9.17) is 13.9 Å². The number of carbonyl (C=O) groups is 1. The van der Waals surface area contributed by atoms with E-state index < -0.39 is 11.8 Å². The zero-order valence-corrected chi connectivity index (χ0v) is 18.6. The molecule has 0 spiro atoms. The number of nitrogens with zero attached hydrogens (tertiary/aromatic N) is 2. The molecular formula is C25H25N3O5. The van der Waals surface area contributed by atoms with Crippen molar-refractivity contribution >= 4 is 17.0 Å². The number of aromatic nitrogens is 2. The minimum Gasteiger partial charge on any atom is -0.493 e. The molecular weight excluding hydrogens is 422 g/mol. The molecule has 2 heterocycles. The minimum absolute atomic E-state index is 0.298. The van der Waals surface area contributed by atoms with Gasteiger partial charge in [-0.15, -0.1) is 0 Å². The van der Waals surface area contributed by atoms with Crippen LogP contribution in [0.5, 0.6) is 11.5 Å². The van der Waals surface area contributed by atoms with Gasteiger partial charge in [-0.1, -0.05) is 18.2 Å². The van der Waals surface area contributed by atoms with Gasteiger partial charge in [-0.25, -0.2) is 4.79 Å². The fourth-order valence-corrected chi connectivity index (χ4v) is 3.60. The summed E-state index contributed by atoms with van der Waals surface area (Å²) in [5.41, 5.74) is 2.86. The Balaban J connectivity index is 1.47. The number of oxazole rings is 1. The van der Waals surface area contributed by atoms with E-state index in [1.165, 1.54) is 4.57 Å². The van der Waals surface area contributed by atoms with Gasteiger partial charge in [0.2, 0.25) is 5.91 Å². The number of methoxy groups -OCH3 is 1. The second kappa shape index (κ2) is 9.60. The third kappa shape index (κ3) is 4.74. The molecule has 4 aromatic rings. The molecule has 0 fully saturated rings. The average Bonchev–Trinajstić information content (AvgIpc) is 3.18. The van der Waals surface area contributed by atoms with Crippen molar-refractivity contribution in [2.24, 2.45) is 0 Å². The summed E-state index contributed by atoms with van der Waals surface area (Å²) in [4.78, 5) is 29.2. The third-order valence-corrected chi connectivity index (χ3v) is 5.48. The summed E-state index contributed by atoms with van der Waals surface area (Å²) < 4.78 is 18.0. The summed E-state index contributed by atoms with van der Waals surface area (Å²) >= 11 is 0. The van der Waals surface area contributed by atoms with Gasteiger partial charge in [0, 0.05) is 12.4 Å². The van der Waals surface area contributed by atoms with E-state index in [0.717, 1.165) is 11.1 Å². The Morgan fingerprint density at radius 2 is 1.85 bits per heavy atom. The van der Waals surface area contributed by atoms with E-state index >= 15 is 0 Å². The third-order valence-electron chi connectivity index (χ3n) is 5.48. The average molecular weight is 447 g/mol. The van der Waals surface area contributed by atoms with Crippen molar-refractivity contribution in [1.82, 2.24) is 14.9 Å². The van der Waals surface area contributed by atoms with Crippen LogP contribution in [0, 0.1) is 0 Å². The highest BCUT2D eigenvalue weighted by molar-refractivity contribution is 5.83. The Labute approximate surface area is 190 Å². The number of benzene rings is 2. The SMILES string of the molecule is COc1cc(C(C)NC(=O)C(C)n2c(=O)oc3ccccc32)ccc1OCc1ccncc1. The van der Waals surface area contributed by atoms with E-state index in [1.807, 2.05) is 37.3 Å². The molecule has 0 saturated heterocycles. The van der Waals surface area contributed by atoms with Crippen LogP contribution in [-0.2, 0) is 11.4 Å². The maximum absolute atomic E-state index is 12.9. The number of hydrogen-bond acceptors (Lipinski definition) is 6. The zero-order valence-electron chi connectivity index (χ0n) is 18.6. The molecule has 2 aromatic heterocycles. The predicted octanol–water partition coefficient (Wildman–Crippen LogP) is 4.02. The molecule has 0 radical (unpaired) electrons. The standard InChI is InChI=1S/C25H25N3O5/c1-16(27-24(29)17(2)28-20-6-4-5-7-21(20)33-25(28)30)19-8-9-22(23(14-19)31-3)32-15-18-10-12-26-13-11-18/h4-14,16-17H,15H2,1-3H3,(H,27,29). The van der Waals surface area contributed by atoms with E-state index in [1.54, 1.807) is 50.7 Å². The van der Waals surface area contributed by atoms with E-state index in [0.29, 0.717) is 29.2 Å². The fraction of sp³-hybridized carbons (Fsp3) is 0.240. The lowest BCUT2D eigenvalue weighted by Gasteiger charge is -2.20. The topological polar surface area (TPSA) is 95.6 Å². The Hall–Kier alpha value is -4.07. The van der Waals surface area contributed by atoms with Gasteiger partial charge in [-0.3, -0.25) is 14.3 Å². The van der Waals surface area contributed by atoms with Gasteiger partial charge < -0.3 is 19.2 Å². The van der Waals surface area contributed by atoms with E-state index in [9.17, 15) is 9.59 Å². The van der Waals surface area contributed by atoms with Gasteiger partial charge in [0.25, 0.3) is 0 Å². The lowest BCUT2D eigenvalue weighted by atomic mass is 10.1. The highest BCUT2D eigenvalue weighted by Gasteiger charge is 2.23. The van der Waals surface area contributed by atoms with Gasteiger partial charge in [-0.05, 0) is 61.4 Å². The molecule has 1 amide bonds. The number of fused-ring (bicyclic) bond motifs is 1. The molecule has 4 rings (SSSR count). The van der Waals surface area contributed by atoms with Gasteiger partial charge in [-0.2, -0.15) is 0 Å². The lowest BCUT2D eigenvalue weighted by Crippen LogP contribution is -2.35. The van der Waals surface area contributed by atoms with Crippen molar-refractivity contribution < 1.29 is 18.7 Å². The van der Waals surface area contributed by atoms with Crippen LogP contribution < -0.4 is 20.5 Å². The maximum atomic E-state index is 12.9. The molecule has 8 nitrogen and oxygen atoms in total. The number of nitrogens with one attached hydrogen (secondary N) is 1. The molecule has 2 atom stereocenters. The largest absolute Gasteiger partial charge is 0.493 e. The van der Waals surface area contributed by atoms with Gasteiger partial charge in [0.15, 0.2) is 17.1 Å². The number of pyridine rings is 1. The molecule has 2 aromatic carbocycles. The van der Waals surface area contributed by atoms with Crippen LogP contribution in [0.1, 0.15) is 37.1 Å². The molecule has 0 aliphatic carbocycles. The van der Waals surface area contributed by atoms with Crippen LogP contribution in [0.15, 0.2) is 76.2 Å². The van der Waals surface area contributed by atoms with E-state index in [2.05, 4.69) is 10.3 Å². The van der Waals surface area contributed by atoms with Crippen LogP contribution in [0.3, 0.4) is 0 Å². The van der Waals surface area contributed by atoms with Gasteiger partial charge >= 0.3 is 5.76 Å². The highest BCUT2D eigenvalue weighted by atomic mass is 16.5. The molecule has 1 N–H and O–H groups in total. The molecule has 0 aliphatic rings. The first-order valence-corrected chi connectivity index (χ1v) is 10.6. The van der Waals surface area contributed by atoms with Crippen LogP contribution in [-0.4, -0.2) is 22.6 Å². The summed E-state index contributed by atoms with van der Waals surface area (Å²) in [5.74, 6) is 0.297. The Kier molecular flexibility index (Phi) is 6.44. The van der Waals surface area contributed by atoms with Crippen molar-refractivity contribution in [2.45, 2.75) is 32.5 Å². The van der Waals surface area contributed by atoms with Crippen molar-refractivity contribution in [3.63, 3.8) is 0 Å². The molecule has 33 heavy (non-hydrogen) atoms. The fourth-order valence-electron chi connectivity index (χ4n) is 3.60. The maximum Gasteiger partial charge on any atom is 0.420 e. The van der Waals surface area contributed by atoms with Crippen LogP contribution in [0.4, 0.5) is 0 Å². The first-order valence-electron chi connectivity index (χ1n) is 10.6. The van der Waals surface area contributed by atoms with Crippen molar-refractivity contribution in [3.05, 3.63) is 88.7 Å². The molecule has 0 saturated carbocycles. The monoisotopic (exact) mass is 447 g/mol. The van der Waals surface area contributed by atoms with Crippen molar-refractivity contribution in [1.29, 1.82) is 0 Å². The van der Waals surface area contributed by atoms with Gasteiger partial charge in [0.05, 0.1) is 18.7 Å². The second-order valence-electron chi connectivity index (χ2n) is 7.67. The van der Waals surface area contributed by atoms with Crippen LogP contribution in [0.25, 0.3) is 11.1 Å². The first-order chi connectivity index (χ1) is 16.0. The van der Waals surface area contributed by atoms with E-state index in [-0.39, 0.29) is 11.9 Å². The number of hydrogen-bond donors (Lipinski definition) is 1. The van der Waals surface area contributed by atoms with Crippen LogP contribution in [0.2, 0.25) is 0 Å². The van der Waals surface area contributed by atoms with Crippen LogP contribution >= 0.6 is 0 Å². The van der Waals surface area contributed by atoms with Crippen molar-refractivity contribution in [2.75, 3.05) is 7.11 Å². The summed E-state index contributed by atoms with van der Waals surface area (Å²) in [6.07, 6.45) is 3.43. The Bertz CT molecular complexity index is 1310. The normalized spacial score (nSPS) is 12.8. The minimum atomic E-state index is -0.742. The molecule has 0 aliphatic heterocycles. The van der Waals surface area contributed by atoms with Crippen molar-refractivity contribution in [3.8, 4) is 11.5 Å². The molecule has 8 heteroatoms. The molecule has 0 bridgehead atoms. The summed E-state index contributed by atoms with van der Waals surface area (Å²) in [6, 6.07) is 15.2. The summed E-state index contributed by atoms with van der Waals surface area (Å²) in [7, 11) is 1.57. The number of ether oxygens (including phenoxy) is 2. The number of amides is 1. The highest BCUT2D eigenvalue weighted by Crippen LogP contribution is 2.31. The zero-order chi connectivity index (χ0) is 23.4. The predicted molar refractivity (Wildman–Crippen MR) is 123 cm³/mol. The molecule has 2 unspecified atom stereocenters. The quantitative estimate of drug-likeness (QED) is 0.438. The smallest absolute Gasteiger partial charge is 0.420 e. The Morgan fingerprint density at radius 1 is 1.09 bits per heavy atom. The first kappa shape index (κ1) is 22.1. The summed E-state index contributed by atoms with van der Waals surface area (Å²) in [5, 5.41) is 2.96. The Morgan fingerprint density at radius 3 is 2.61 bits per heavy atom. The van der Waals surface area contributed by atoms with Gasteiger partial charge in [0.1, 0.15) is 12.6 Å². The summed E-state index contributed by atoms with van der Waals surface area (Å²) in [6.45, 7) is 3.92. The second-order valence-corrected chi connectivity index (χ2v) is 7.67. The number of carbonyl (C=O) groups excluding carboxylic acids is 1. The molecule has 170 valence electrons. The number of rotatable bonds is 8.